The molecule has 88 valence electrons. The van der Waals surface area contributed by atoms with Crippen LogP contribution in [0.5, 0.6) is 0 Å². The first kappa shape index (κ1) is 11.6. The lowest BCUT2D eigenvalue weighted by molar-refractivity contribution is 0.0696. The van der Waals surface area contributed by atoms with Crippen LogP contribution in [0.3, 0.4) is 0 Å². The first-order chi connectivity index (χ1) is 8.11. The molecule has 6 heteroatoms. The Balaban J connectivity index is 2.56. The van der Waals surface area contributed by atoms with Gasteiger partial charge in [0.25, 0.3) is 0 Å². The van der Waals surface area contributed by atoms with E-state index in [1.165, 1.54) is 12.1 Å². The van der Waals surface area contributed by atoms with Gasteiger partial charge in [0.05, 0.1) is 5.56 Å². The zero-order valence-electron chi connectivity index (χ0n) is 9.09. The fourth-order valence-corrected chi connectivity index (χ4v) is 1.74. The molecule has 0 saturated heterocycles. The number of carboxylic acid groups (broad SMARTS) is 1. The molecule has 0 bridgehead atoms. The molecule has 0 fully saturated rings. The van der Waals surface area contributed by atoms with Crippen molar-refractivity contribution in [1.82, 2.24) is 14.5 Å². The van der Waals surface area contributed by atoms with Crippen LogP contribution in [-0.4, -0.2) is 25.6 Å². The van der Waals surface area contributed by atoms with E-state index in [4.69, 9.17) is 16.7 Å². The maximum Gasteiger partial charge on any atom is 0.335 e. The molecule has 5 nitrogen and oxygen atoms in total. The molecule has 0 aliphatic heterocycles. The molecule has 0 atom stereocenters. The van der Waals surface area contributed by atoms with Gasteiger partial charge in [0.15, 0.2) is 0 Å². The zero-order valence-corrected chi connectivity index (χ0v) is 9.85. The van der Waals surface area contributed by atoms with E-state index in [-0.39, 0.29) is 10.7 Å². The molecule has 0 radical (unpaired) electrons. The number of imidazole rings is 1. The van der Waals surface area contributed by atoms with Gasteiger partial charge in [-0.2, -0.15) is 0 Å². The second kappa shape index (κ2) is 4.55. The Labute approximate surface area is 103 Å². The third kappa shape index (κ3) is 2.29. The van der Waals surface area contributed by atoms with E-state index < -0.39 is 5.97 Å². The molecule has 1 N–H and O–H groups in total. The van der Waals surface area contributed by atoms with E-state index >= 15 is 0 Å². The first-order valence-electron chi connectivity index (χ1n) is 5.05. The highest BCUT2D eigenvalue weighted by atomic mass is 35.5. The molecule has 0 aliphatic carbocycles. The van der Waals surface area contributed by atoms with Crippen molar-refractivity contribution in [3.63, 3.8) is 0 Å². The Kier molecular flexibility index (Phi) is 3.10. The Bertz CT molecular complexity index is 566. The summed E-state index contributed by atoms with van der Waals surface area (Å²) in [6.07, 6.45) is 4.09. The van der Waals surface area contributed by atoms with Crippen molar-refractivity contribution in [2.24, 2.45) is 0 Å². The van der Waals surface area contributed by atoms with Crippen LogP contribution in [-0.2, 0) is 6.42 Å². The van der Waals surface area contributed by atoms with Crippen molar-refractivity contribution in [3.8, 4) is 5.82 Å². The Morgan fingerprint density at radius 1 is 1.53 bits per heavy atom. The minimum Gasteiger partial charge on any atom is -0.478 e. The van der Waals surface area contributed by atoms with Crippen LogP contribution in [0, 0.1) is 0 Å². The van der Waals surface area contributed by atoms with Crippen LogP contribution in [0.4, 0.5) is 0 Å². The van der Waals surface area contributed by atoms with Gasteiger partial charge in [-0.15, -0.1) is 0 Å². The highest BCUT2D eigenvalue weighted by Gasteiger charge is 2.10. The summed E-state index contributed by atoms with van der Waals surface area (Å²) in [7, 11) is 0. The Morgan fingerprint density at radius 2 is 2.29 bits per heavy atom. The number of nitrogens with zero attached hydrogens (tertiary/aromatic N) is 3. The number of carbonyl (C=O) groups is 1. The molecule has 2 aromatic rings. The fourth-order valence-electron chi connectivity index (χ4n) is 1.53. The van der Waals surface area contributed by atoms with Crippen molar-refractivity contribution in [1.29, 1.82) is 0 Å². The van der Waals surface area contributed by atoms with Gasteiger partial charge < -0.3 is 5.11 Å². The van der Waals surface area contributed by atoms with Gasteiger partial charge in [0, 0.05) is 18.8 Å². The molecule has 17 heavy (non-hydrogen) atoms. The summed E-state index contributed by atoms with van der Waals surface area (Å²) < 4.78 is 1.72. The Morgan fingerprint density at radius 3 is 2.94 bits per heavy atom. The molecule has 2 rings (SSSR count). The van der Waals surface area contributed by atoms with Gasteiger partial charge in [0.1, 0.15) is 16.8 Å². The molecular weight excluding hydrogens is 242 g/mol. The van der Waals surface area contributed by atoms with Crippen molar-refractivity contribution in [2.45, 2.75) is 13.3 Å². The minimum atomic E-state index is -1.03. The third-order valence-electron chi connectivity index (χ3n) is 2.31. The molecule has 0 aliphatic rings. The number of rotatable bonds is 3. The topological polar surface area (TPSA) is 68.0 Å². The van der Waals surface area contributed by atoms with E-state index in [1.54, 1.807) is 17.0 Å². The summed E-state index contributed by atoms with van der Waals surface area (Å²) in [5.74, 6) is 0.231. The lowest BCUT2D eigenvalue weighted by atomic mass is 10.2. The summed E-state index contributed by atoms with van der Waals surface area (Å²) in [6, 6.07) is 2.78. The number of aryl methyl sites for hydroxylation is 1. The van der Waals surface area contributed by atoms with E-state index in [1.807, 2.05) is 6.92 Å². The minimum absolute atomic E-state index is 0.107. The Hall–Kier alpha value is -1.88. The summed E-state index contributed by atoms with van der Waals surface area (Å²) >= 11 is 5.80. The summed E-state index contributed by atoms with van der Waals surface area (Å²) in [5, 5.41) is 9.10. The average molecular weight is 252 g/mol. The number of hydrogen-bond donors (Lipinski definition) is 1. The predicted octanol–water partition coefficient (Wildman–Crippen LogP) is 2.18. The van der Waals surface area contributed by atoms with Crippen LogP contribution in [0.2, 0.25) is 5.15 Å². The molecular formula is C11H10ClN3O2. The smallest absolute Gasteiger partial charge is 0.335 e. The van der Waals surface area contributed by atoms with Crippen molar-refractivity contribution in [3.05, 3.63) is 41.1 Å². The van der Waals surface area contributed by atoms with Crippen molar-refractivity contribution in [2.75, 3.05) is 0 Å². The third-order valence-corrected chi connectivity index (χ3v) is 2.50. The molecule has 0 spiro atoms. The van der Waals surface area contributed by atoms with E-state index in [0.29, 0.717) is 5.82 Å². The van der Waals surface area contributed by atoms with E-state index in [0.717, 1.165) is 12.2 Å². The summed E-state index contributed by atoms with van der Waals surface area (Å²) in [6.45, 7) is 1.96. The van der Waals surface area contributed by atoms with Crippen LogP contribution < -0.4 is 0 Å². The van der Waals surface area contributed by atoms with Crippen LogP contribution in [0.25, 0.3) is 5.82 Å². The average Bonchev–Trinajstić information content (AvgIpc) is 2.76. The first-order valence-corrected chi connectivity index (χ1v) is 5.43. The van der Waals surface area contributed by atoms with Gasteiger partial charge in [-0.25, -0.2) is 14.8 Å². The van der Waals surface area contributed by atoms with Crippen molar-refractivity contribution < 1.29 is 9.90 Å². The van der Waals surface area contributed by atoms with Gasteiger partial charge in [-0.3, -0.25) is 4.57 Å². The predicted molar refractivity (Wildman–Crippen MR) is 62.7 cm³/mol. The lowest BCUT2D eigenvalue weighted by Crippen LogP contribution is -2.05. The highest BCUT2D eigenvalue weighted by molar-refractivity contribution is 6.29. The fraction of sp³-hybridized carbons (Fsp3) is 0.182. The van der Waals surface area contributed by atoms with Crippen LogP contribution >= 0.6 is 11.6 Å². The maximum absolute atomic E-state index is 10.9. The SMILES string of the molecule is CCc1nccn1-c1cc(C(=O)O)cc(Cl)n1. The molecule has 0 aromatic carbocycles. The number of aromatic nitrogens is 3. The summed E-state index contributed by atoms with van der Waals surface area (Å²) in [4.78, 5) is 19.2. The normalized spacial score (nSPS) is 10.5. The number of hydrogen-bond acceptors (Lipinski definition) is 3. The molecule has 0 unspecified atom stereocenters. The largest absolute Gasteiger partial charge is 0.478 e. The quantitative estimate of drug-likeness (QED) is 0.849. The lowest BCUT2D eigenvalue weighted by Gasteiger charge is -2.06. The van der Waals surface area contributed by atoms with Crippen LogP contribution in [0.15, 0.2) is 24.5 Å². The van der Waals surface area contributed by atoms with E-state index in [9.17, 15) is 4.79 Å². The second-order valence-electron chi connectivity index (χ2n) is 3.41. The number of pyridine rings is 1. The van der Waals surface area contributed by atoms with E-state index in [2.05, 4.69) is 9.97 Å². The standard InChI is InChI=1S/C11H10ClN3O2/c1-2-9-13-3-4-15(9)10-6-7(11(16)17)5-8(12)14-10/h3-6H,2H2,1H3,(H,16,17). The molecule has 0 saturated carbocycles. The maximum atomic E-state index is 10.9. The van der Waals surface area contributed by atoms with Gasteiger partial charge in [-0.05, 0) is 12.1 Å². The zero-order chi connectivity index (χ0) is 12.4. The van der Waals surface area contributed by atoms with Gasteiger partial charge >= 0.3 is 5.97 Å². The monoisotopic (exact) mass is 251 g/mol. The molecule has 2 heterocycles. The number of aromatic carboxylic acids is 1. The van der Waals surface area contributed by atoms with Crippen LogP contribution in [0.1, 0.15) is 23.1 Å². The number of carboxylic acids is 1. The molecule has 2 aromatic heterocycles. The van der Waals surface area contributed by atoms with Gasteiger partial charge in [0.2, 0.25) is 0 Å². The molecule has 0 amide bonds. The summed E-state index contributed by atoms with van der Waals surface area (Å²) in [5.41, 5.74) is 0.107. The van der Waals surface area contributed by atoms with Gasteiger partial charge in [-0.1, -0.05) is 18.5 Å². The van der Waals surface area contributed by atoms with Crippen molar-refractivity contribution >= 4 is 17.6 Å². The highest BCUT2D eigenvalue weighted by Crippen LogP contribution is 2.16. The second-order valence-corrected chi connectivity index (χ2v) is 3.80. The number of halogens is 1.